The molecule has 1 atom stereocenters. The van der Waals surface area contributed by atoms with E-state index >= 15 is 0 Å². The average molecular weight is 353 g/mol. The lowest BCUT2D eigenvalue weighted by atomic mass is 9.96. The van der Waals surface area contributed by atoms with Gasteiger partial charge in [0.2, 0.25) is 0 Å². The number of benzene rings is 2. The molecule has 0 spiro atoms. The molecule has 0 saturated carbocycles. The largest absolute Gasteiger partial charge is 0.493 e. The van der Waals surface area contributed by atoms with Crippen LogP contribution in [-0.2, 0) is 4.79 Å². The lowest BCUT2D eigenvalue weighted by molar-refractivity contribution is -0.137. The molecule has 138 valence electrons. The molecule has 4 heteroatoms. The monoisotopic (exact) mass is 353 g/mol. The number of rotatable bonds is 9. The van der Waals surface area contributed by atoms with Crippen LogP contribution in [0.5, 0.6) is 5.75 Å². The van der Waals surface area contributed by atoms with Crippen LogP contribution < -0.4 is 9.64 Å². The molecule has 0 amide bonds. The second-order valence-electron chi connectivity index (χ2n) is 5.91. The van der Waals surface area contributed by atoms with Gasteiger partial charge < -0.3 is 14.7 Å². The van der Waals surface area contributed by atoms with E-state index in [-0.39, 0.29) is 0 Å². The molecule has 0 heterocycles. The van der Waals surface area contributed by atoms with Gasteiger partial charge in [0, 0.05) is 30.4 Å². The number of ether oxygens (including phenoxy) is 1. The summed E-state index contributed by atoms with van der Waals surface area (Å²) in [4.78, 5) is 14.1. The van der Waals surface area contributed by atoms with Gasteiger partial charge in [-0.3, -0.25) is 4.79 Å². The Kier molecular flexibility index (Phi) is 7.27. The molecule has 0 fully saturated rings. The molecule has 0 aromatic heterocycles. The minimum Gasteiger partial charge on any atom is -0.493 e. The third kappa shape index (κ3) is 4.88. The highest BCUT2D eigenvalue weighted by atomic mass is 16.5. The summed E-state index contributed by atoms with van der Waals surface area (Å²) < 4.78 is 5.78. The summed E-state index contributed by atoms with van der Waals surface area (Å²) in [5.74, 6) is -1.03. The third-order valence-electron chi connectivity index (χ3n) is 4.31. The molecular weight excluding hydrogens is 326 g/mol. The van der Waals surface area contributed by atoms with Gasteiger partial charge >= 0.3 is 5.97 Å². The third-order valence-corrected chi connectivity index (χ3v) is 4.31. The van der Waals surface area contributed by atoms with Crippen LogP contribution in [0.2, 0.25) is 0 Å². The van der Waals surface area contributed by atoms with Crippen molar-refractivity contribution < 1.29 is 14.6 Å². The van der Waals surface area contributed by atoms with Gasteiger partial charge in [-0.15, -0.1) is 0 Å². The smallest absolute Gasteiger partial charge is 0.315 e. The molecule has 0 saturated heterocycles. The van der Waals surface area contributed by atoms with E-state index in [0.717, 1.165) is 24.3 Å². The molecule has 2 rings (SSSR count). The van der Waals surface area contributed by atoms with Gasteiger partial charge in [0.05, 0.1) is 6.61 Å². The molecule has 0 radical (unpaired) electrons. The SMILES string of the molecule is CCOc1cc(N(CC)CC)ccc1C(/C=C/c1ccccc1)C(=O)O. The van der Waals surface area contributed by atoms with E-state index < -0.39 is 11.9 Å². The van der Waals surface area contributed by atoms with E-state index in [0.29, 0.717) is 17.9 Å². The van der Waals surface area contributed by atoms with E-state index in [2.05, 4.69) is 18.7 Å². The second kappa shape index (κ2) is 9.66. The zero-order valence-corrected chi connectivity index (χ0v) is 15.7. The first kappa shape index (κ1) is 19.6. The molecule has 0 aliphatic carbocycles. The van der Waals surface area contributed by atoms with Crippen molar-refractivity contribution in [1.82, 2.24) is 0 Å². The Morgan fingerprint density at radius 3 is 2.38 bits per heavy atom. The van der Waals surface area contributed by atoms with Crippen molar-refractivity contribution in [1.29, 1.82) is 0 Å². The number of carbonyl (C=O) groups is 1. The zero-order valence-electron chi connectivity index (χ0n) is 15.7. The highest BCUT2D eigenvalue weighted by Gasteiger charge is 2.22. The minimum absolute atomic E-state index is 0.490. The van der Waals surface area contributed by atoms with Crippen molar-refractivity contribution >= 4 is 17.7 Å². The first-order valence-corrected chi connectivity index (χ1v) is 9.08. The van der Waals surface area contributed by atoms with Gasteiger partial charge in [0.15, 0.2) is 0 Å². The molecule has 1 unspecified atom stereocenters. The highest BCUT2D eigenvalue weighted by Crippen LogP contribution is 2.33. The van der Waals surface area contributed by atoms with Crippen LogP contribution in [0.4, 0.5) is 5.69 Å². The Labute approximate surface area is 155 Å². The van der Waals surface area contributed by atoms with Gasteiger partial charge in [0.1, 0.15) is 11.7 Å². The first-order chi connectivity index (χ1) is 12.6. The number of aliphatic carboxylic acids is 1. The average Bonchev–Trinajstić information content (AvgIpc) is 2.65. The molecule has 2 aromatic rings. The van der Waals surface area contributed by atoms with Crippen LogP contribution in [0.25, 0.3) is 6.08 Å². The summed E-state index contributed by atoms with van der Waals surface area (Å²) in [5, 5.41) is 9.75. The van der Waals surface area contributed by atoms with Crippen LogP contribution in [0.1, 0.15) is 37.8 Å². The summed E-state index contributed by atoms with van der Waals surface area (Å²) in [6, 6.07) is 15.5. The van der Waals surface area contributed by atoms with E-state index in [1.54, 1.807) is 6.08 Å². The number of carboxylic acid groups (broad SMARTS) is 1. The number of hydrogen-bond donors (Lipinski definition) is 1. The Morgan fingerprint density at radius 1 is 1.12 bits per heavy atom. The summed E-state index contributed by atoms with van der Waals surface area (Å²) in [6.07, 6.45) is 3.55. The number of carboxylic acids is 1. The van der Waals surface area contributed by atoms with Crippen LogP contribution in [0, 0.1) is 0 Å². The Bertz CT molecular complexity index is 736. The van der Waals surface area contributed by atoms with Crippen LogP contribution in [0.15, 0.2) is 54.6 Å². The fourth-order valence-corrected chi connectivity index (χ4v) is 2.94. The van der Waals surface area contributed by atoms with E-state index in [4.69, 9.17) is 4.74 Å². The van der Waals surface area contributed by atoms with Crippen molar-refractivity contribution in [3.63, 3.8) is 0 Å². The molecule has 0 bridgehead atoms. The Hall–Kier alpha value is -2.75. The van der Waals surface area contributed by atoms with Crippen molar-refractivity contribution in [3.05, 3.63) is 65.7 Å². The Morgan fingerprint density at radius 2 is 1.81 bits per heavy atom. The maximum absolute atomic E-state index is 11.9. The lowest BCUT2D eigenvalue weighted by Gasteiger charge is -2.23. The van der Waals surface area contributed by atoms with Gasteiger partial charge in [-0.2, -0.15) is 0 Å². The molecule has 0 aliphatic heterocycles. The van der Waals surface area contributed by atoms with E-state index in [9.17, 15) is 9.90 Å². The predicted molar refractivity (Wildman–Crippen MR) is 107 cm³/mol. The summed E-state index contributed by atoms with van der Waals surface area (Å²) in [5.41, 5.74) is 2.68. The van der Waals surface area contributed by atoms with Gasteiger partial charge in [-0.25, -0.2) is 0 Å². The van der Waals surface area contributed by atoms with Crippen molar-refractivity contribution in [2.45, 2.75) is 26.7 Å². The fraction of sp³-hybridized carbons (Fsp3) is 0.318. The van der Waals surface area contributed by atoms with Gasteiger partial charge in [0.25, 0.3) is 0 Å². The van der Waals surface area contributed by atoms with E-state index in [1.807, 2.05) is 61.5 Å². The quantitative estimate of drug-likeness (QED) is 0.703. The molecular formula is C22H27NO3. The van der Waals surface area contributed by atoms with Crippen LogP contribution in [0.3, 0.4) is 0 Å². The maximum atomic E-state index is 11.9. The maximum Gasteiger partial charge on any atom is 0.315 e. The predicted octanol–water partition coefficient (Wildman–Crippen LogP) is 4.81. The van der Waals surface area contributed by atoms with Crippen molar-refractivity contribution in [3.8, 4) is 5.75 Å². The van der Waals surface area contributed by atoms with E-state index in [1.165, 1.54) is 0 Å². The van der Waals surface area contributed by atoms with Crippen LogP contribution in [-0.4, -0.2) is 30.8 Å². The summed E-state index contributed by atoms with van der Waals surface area (Å²) in [6.45, 7) is 8.36. The molecule has 4 nitrogen and oxygen atoms in total. The normalized spacial score (nSPS) is 12.1. The molecule has 2 aromatic carbocycles. The Balaban J connectivity index is 2.40. The fourth-order valence-electron chi connectivity index (χ4n) is 2.94. The lowest BCUT2D eigenvalue weighted by Crippen LogP contribution is -2.22. The standard InChI is InChI=1S/C22H27NO3/c1-4-23(5-2)18-13-15-19(21(16-18)26-6-3)20(22(24)25)14-12-17-10-8-7-9-11-17/h7-16,20H,4-6H2,1-3H3,(H,24,25)/b14-12+. The molecule has 26 heavy (non-hydrogen) atoms. The minimum atomic E-state index is -0.895. The number of anilines is 1. The first-order valence-electron chi connectivity index (χ1n) is 9.08. The molecule has 0 aliphatic rings. The number of nitrogens with zero attached hydrogens (tertiary/aromatic N) is 1. The van der Waals surface area contributed by atoms with Crippen molar-refractivity contribution in [2.24, 2.45) is 0 Å². The summed E-state index contributed by atoms with van der Waals surface area (Å²) in [7, 11) is 0. The second-order valence-corrected chi connectivity index (χ2v) is 5.91. The van der Waals surface area contributed by atoms with Crippen molar-refractivity contribution in [2.75, 3.05) is 24.6 Å². The number of hydrogen-bond acceptors (Lipinski definition) is 3. The highest BCUT2D eigenvalue weighted by molar-refractivity contribution is 5.81. The van der Waals surface area contributed by atoms with Crippen LogP contribution >= 0.6 is 0 Å². The summed E-state index contributed by atoms with van der Waals surface area (Å²) >= 11 is 0. The topological polar surface area (TPSA) is 49.8 Å². The van der Waals surface area contributed by atoms with Gasteiger partial charge in [-0.1, -0.05) is 48.6 Å². The molecule has 1 N–H and O–H groups in total. The van der Waals surface area contributed by atoms with Gasteiger partial charge in [-0.05, 0) is 32.4 Å². The zero-order chi connectivity index (χ0) is 18.9.